The molecule has 4 heteroatoms. The van der Waals surface area contributed by atoms with Crippen molar-refractivity contribution in [1.82, 2.24) is 0 Å². The van der Waals surface area contributed by atoms with Crippen LogP contribution in [0.4, 0.5) is 0 Å². The first-order valence-corrected chi connectivity index (χ1v) is 10.9. The third-order valence-corrected chi connectivity index (χ3v) is 7.99. The maximum atomic E-state index is 13.0. The molecule has 0 saturated heterocycles. The summed E-state index contributed by atoms with van der Waals surface area (Å²) in [6.07, 6.45) is 10.1. The van der Waals surface area contributed by atoms with Crippen LogP contribution in [-0.2, 0) is 10.2 Å². The second kappa shape index (κ2) is 6.07. The maximum absolute atomic E-state index is 13.0. The number of aliphatic carboxylic acids is 1. The molecule has 2 aromatic rings. The first-order valence-electron chi connectivity index (χ1n) is 10.9. The fourth-order valence-corrected chi connectivity index (χ4v) is 7.27. The molecule has 0 atom stereocenters. The molecule has 4 bridgehead atoms. The van der Waals surface area contributed by atoms with Gasteiger partial charge in [0.1, 0.15) is 5.75 Å². The van der Waals surface area contributed by atoms with Crippen LogP contribution in [0, 0.1) is 17.8 Å². The van der Waals surface area contributed by atoms with Crippen molar-refractivity contribution >= 4 is 17.8 Å². The van der Waals surface area contributed by atoms with Gasteiger partial charge in [-0.05, 0) is 103 Å². The first-order chi connectivity index (χ1) is 14.4. The van der Waals surface area contributed by atoms with Gasteiger partial charge >= 0.3 is 5.97 Å². The number of phenolic OH excluding ortho intramolecular Hbond substituents is 1. The van der Waals surface area contributed by atoms with Crippen LogP contribution < -0.4 is 0 Å². The second-order valence-corrected chi connectivity index (χ2v) is 9.92. The largest absolute Gasteiger partial charge is 0.508 e. The van der Waals surface area contributed by atoms with Crippen molar-refractivity contribution in [2.45, 2.75) is 43.9 Å². The van der Waals surface area contributed by atoms with Gasteiger partial charge in [-0.1, -0.05) is 12.1 Å². The third-order valence-electron chi connectivity index (χ3n) is 7.99. The lowest BCUT2D eigenvalue weighted by atomic mass is 9.48. The Kier molecular flexibility index (Phi) is 3.63. The predicted molar refractivity (Wildman–Crippen MR) is 113 cm³/mol. The second-order valence-electron chi connectivity index (χ2n) is 9.92. The Balaban J connectivity index is 1.45. The number of carbonyl (C=O) groups excluding carboxylic acids is 1. The molecular weight excluding hydrogens is 376 g/mol. The number of carbonyl (C=O) groups is 2. The van der Waals surface area contributed by atoms with E-state index in [4.69, 9.17) is 5.11 Å². The molecule has 30 heavy (non-hydrogen) atoms. The molecule has 2 aromatic carbocycles. The number of carboxylic acids is 1. The van der Waals surface area contributed by atoms with Gasteiger partial charge < -0.3 is 10.2 Å². The first kappa shape index (κ1) is 17.9. The Morgan fingerprint density at radius 3 is 2.17 bits per heavy atom. The van der Waals surface area contributed by atoms with Crippen molar-refractivity contribution in [2.24, 2.45) is 17.8 Å². The van der Waals surface area contributed by atoms with Crippen LogP contribution in [0.5, 0.6) is 5.75 Å². The standard InChI is InChI=1S/C26H24O4/c27-23-10-21-19(18-3-1-14(2-4-24(28)29)8-20(18)25(21)30)9-22(23)26-11-15-5-16(12-26)7-17(6-15)13-26/h1-4,8-10,15-17,27H,5-7,11-13H2,(H,28,29)/b4-2+. The van der Waals surface area contributed by atoms with E-state index in [2.05, 4.69) is 6.07 Å². The molecule has 4 fully saturated rings. The molecule has 4 nitrogen and oxygen atoms in total. The number of phenols is 1. The minimum absolute atomic E-state index is 0.0594. The summed E-state index contributed by atoms with van der Waals surface area (Å²) < 4.78 is 0. The summed E-state index contributed by atoms with van der Waals surface area (Å²) in [7, 11) is 0. The number of rotatable bonds is 3. The number of hydrogen-bond acceptors (Lipinski definition) is 3. The highest BCUT2D eigenvalue weighted by Gasteiger charge is 2.52. The molecule has 4 saturated carbocycles. The highest BCUT2D eigenvalue weighted by Crippen LogP contribution is 2.62. The summed E-state index contributed by atoms with van der Waals surface area (Å²) in [5.41, 5.74) is 4.71. The fraction of sp³-hybridized carbons (Fsp3) is 0.385. The lowest BCUT2D eigenvalue weighted by Gasteiger charge is -2.57. The Bertz CT molecular complexity index is 1100. The van der Waals surface area contributed by atoms with Crippen LogP contribution in [0.2, 0.25) is 0 Å². The molecule has 152 valence electrons. The van der Waals surface area contributed by atoms with Gasteiger partial charge in [0.25, 0.3) is 0 Å². The summed E-state index contributed by atoms with van der Waals surface area (Å²) in [5, 5.41) is 19.9. The molecule has 0 unspecified atom stereocenters. The summed E-state index contributed by atoms with van der Waals surface area (Å²) in [4.78, 5) is 23.8. The summed E-state index contributed by atoms with van der Waals surface area (Å²) in [6, 6.07) is 9.27. The maximum Gasteiger partial charge on any atom is 0.328 e. The van der Waals surface area contributed by atoms with Gasteiger partial charge in [-0.3, -0.25) is 4.79 Å². The normalized spacial score (nSPS) is 30.7. The summed E-state index contributed by atoms with van der Waals surface area (Å²) in [6.45, 7) is 0. The van der Waals surface area contributed by atoms with Crippen LogP contribution >= 0.6 is 0 Å². The van der Waals surface area contributed by atoms with E-state index in [1.807, 2.05) is 12.1 Å². The van der Waals surface area contributed by atoms with E-state index < -0.39 is 5.97 Å². The molecule has 5 aliphatic carbocycles. The van der Waals surface area contributed by atoms with Crippen LogP contribution in [0.3, 0.4) is 0 Å². The number of aromatic hydroxyl groups is 1. The molecule has 0 amide bonds. The van der Waals surface area contributed by atoms with E-state index in [0.717, 1.165) is 59.8 Å². The topological polar surface area (TPSA) is 74.6 Å². The fourth-order valence-electron chi connectivity index (χ4n) is 7.27. The quantitative estimate of drug-likeness (QED) is 0.595. The average Bonchev–Trinajstić information content (AvgIpc) is 2.96. The van der Waals surface area contributed by atoms with Crippen molar-refractivity contribution in [1.29, 1.82) is 0 Å². The van der Waals surface area contributed by atoms with Crippen molar-refractivity contribution < 1.29 is 19.8 Å². The zero-order chi connectivity index (χ0) is 20.6. The molecule has 0 spiro atoms. The highest BCUT2D eigenvalue weighted by atomic mass is 16.4. The minimum atomic E-state index is -1.02. The smallest absolute Gasteiger partial charge is 0.328 e. The van der Waals surface area contributed by atoms with Crippen molar-refractivity contribution in [3.05, 3.63) is 58.7 Å². The number of hydrogen-bond donors (Lipinski definition) is 2. The molecule has 0 aromatic heterocycles. The van der Waals surface area contributed by atoms with E-state index in [9.17, 15) is 14.7 Å². The Hall–Kier alpha value is -2.88. The Morgan fingerprint density at radius 2 is 1.53 bits per heavy atom. The number of benzene rings is 2. The van der Waals surface area contributed by atoms with Gasteiger partial charge in [0.15, 0.2) is 5.78 Å². The van der Waals surface area contributed by atoms with E-state index in [-0.39, 0.29) is 16.9 Å². The van der Waals surface area contributed by atoms with Crippen molar-refractivity contribution in [3.63, 3.8) is 0 Å². The van der Waals surface area contributed by atoms with Gasteiger partial charge in [-0.15, -0.1) is 0 Å². The van der Waals surface area contributed by atoms with Gasteiger partial charge in [0.05, 0.1) is 0 Å². The lowest BCUT2D eigenvalue weighted by Crippen LogP contribution is -2.48. The predicted octanol–water partition coefficient (Wildman–Crippen LogP) is 5.17. The van der Waals surface area contributed by atoms with Crippen molar-refractivity contribution in [3.8, 4) is 16.9 Å². The molecule has 0 radical (unpaired) electrons. The zero-order valence-corrected chi connectivity index (χ0v) is 16.7. The van der Waals surface area contributed by atoms with E-state index in [1.165, 1.54) is 25.3 Å². The molecule has 2 N–H and O–H groups in total. The van der Waals surface area contributed by atoms with Gasteiger partial charge in [0.2, 0.25) is 0 Å². The number of ketones is 1. The Morgan fingerprint density at radius 1 is 0.900 bits per heavy atom. The van der Waals surface area contributed by atoms with E-state index >= 15 is 0 Å². The summed E-state index contributed by atoms with van der Waals surface area (Å²) >= 11 is 0. The average molecular weight is 400 g/mol. The van der Waals surface area contributed by atoms with E-state index in [0.29, 0.717) is 16.7 Å². The van der Waals surface area contributed by atoms with Gasteiger partial charge in [-0.25, -0.2) is 4.79 Å². The van der Waals surface area contributed by atoms with Crippen LogP contribution in [0.15, 0.2) is 36.4 Å². The SMILES string of the molecule is O=C(O)/C=C/c1ccc2c(c1)C(=O)c1cc(O)c(C34CC5CC(CC(C5)C3)C4)cc1-2. The minimum Gasteiger partial charge on any atom is -0.508 e. The van der Waals surface area contributed by atoms with Crippen LogP contribution in [-0.4, -0.2) is 22.0 Å². The molecule has 0 heterocycles. The lowest BCUT2D eigenvalue weighted by molar-refractivity contribution is -0.131. The number of carboxylic acid groups (broad SMARTS) is 1. The van der Waals surface area contributed by atoms with Crippen LogP contribution in [0.1, 0.15) is 65.6 Å². The highest BCUT2D eigenvalue weighted by molar-refractivity contribution is 6.22. The molecule has 0 aliphatic heterocycles. The molecule has 7 rings (SSSR count). The monoisotopic (exact) mass is 400 g/mol. The van der Waals surface area contributed by atoms with E-state index in [1.54, 1.807) is 12.1 Å². The summed E-state index contributed by atoms with van der Waals surface area (Å²) in [5.74, 6) is 1.49. The van der Waals surface area contributed by atoms with Crippen LogP contribution in [0.25, 0.3) is 17.2 Å². The van der Waals surface area contributed by atoms with Gasteiger partial charge in [-0.2, -0.15) is 0 Å². The number of fused-ring (bicyclic) bond motifs is 3. The zero-order valence-electron chi connectivity index (χ0n) is 16.7. The Labute approximate surface area is 175 Å². The third kappa shape index (κ3) is 2.52. The molecule has 5 aliphatic rings. The molecular formula is C26H24O4. The van der Waals surface area contributed by atoms with Gasteiger partial charge in [0, 0.05) is 22.8 Å². The van der Waals surface area contributed by atoms with Crippen molar-refractivity contribution in [2.75, 3.05) is 0 Å².